The zero-order valence-electron chi connectivity index (χ0n) is 16.8. The summed E-state index contributed by atoms with van der Waals surface area (Å²) in [5.41, 5.74) is 0.370. The van der Waals surface area contributed by atoms with Gasteiger partial charge in [0.1, 0.15) is 5.75 Å². The van der Waals surface area contributed by atoms with Crippen LogP contribution in [0.1, 0.15) is 29.6 Å². The zero-order valence-corrected chi connectivity index (χ0v) is 16.8. The van der Waals surface area contributed by atoms with Crippen molar-refractivity contribution >= 4 is 16.7 Å². The highest BCUT2D eigenvalue weighted by molar-refractivity contribution is 6.01. The average Bonchev–Trinajstić information content (AvgIpc) is 2.77. The van der Waals surface area contributed by atoms with E-state index in [1.807, 2.05) is 29.2 Å². The topological polar surface area (TPSA) is 73.2 Å². The molecule has 2 N–H and O–H groups in total. The SMILES string of the molecule is O=C(c1cc2ccccc2cc1O)N1CC[C@H](N2CCOCC2)[C@H](CCCO)C1. The number of rotatable bonds is 5. The molecule has 1 amide bonds. The van der Waals surface area contributed by atoms with Crippen molar-refractivity contribution in [2.24, 2.45) is 5.92 Å². The zero-order chi connectivity index (χ0) is 20.2. The van der Waals surface area contributed by atoms with Crippen LogP contribution in [0.15, 0.2) is 36.4 Å². The Kier molecular flexibility index (Phi) is 6.33. The first-order valence-corrected chi connectivity index (χ1v) is 10.6. The summed E-state index contributed by atoms with van der Waals surface area (Å²) >= 11 is 0. The van der Waals surface area contributed by atoms with E-state index in [0.717, 1.165) is 56.3 Å². The van der Waals surface area contributed by atoms with Crippen LogP contribution in [-0.4, -0.2) is 78.0 Å². The maximum atomic E-state index is 13.2. The number of hydrogen-bond acceptors (Lipinski definition) is 5. The van der Waals surface area contributed by atoms with Gasteiger partial charge in [0.2, 0.25) is 0 Å². The Morgan fingerprint density at radius 2 is 1.83 bits per heavy atom. The smallest absolute Gasteiger partial charge is 0.257 e. The molecule has 156 valence electrons. The maximum Gasteiger partial charge on any atom is 0.257 e. The molecule has 0 aliphatic carbocycles. The van der Waals surface area contributed by atoms with Gasteiger partial charge in [-0.2, -0.15) is 0 Å². The van der Waals surface area contributed by atoms with E-state index in [0.29, 0.717) is 30.6 Å². The van der Waals surface area contributed by atoms with Crippen molar-refractivity contribution in [3.05, 3.63) is 42.0 Å². The van der Waals surface area contributed by atoms with Crippen LogP contribution >= 0.6 is 0 Å². The number of piperidine rings is 1. The number of benzene rings is 2. The number of carbonyl (C=O) groups excluding carboxylic acids is 1. The number of fused-ring (bicyclic) bond motifs is 1. The van der Waals surface area contributed by atoms with Gasteiger partial charge in [-0.1, -0.05) is 24.3 Å². The first kappa shape index (κ1) is 20.1. The van der Waals surface area contributed by atoms with Crippen molar-refractivity contribution < 1.29 is 19.7 Å². The fourth-order valence-corrected chi connectivity index (χ4v) is 4.80. The molecule has 6 nitrogen and oxygen atoms in total. The van der Waals surface area contributed by atoms with E-state index < -0.39 is 0 Å². The van der Waals surface area contributed by atoms with Gasteiger partial charge in [-0.25, -0.2) is 0 Å². The minimum Gasteiger partial charge on any atom is -0.507 e. The Balaban J connectivity index is 1.52. The van der Waals surface area contributed by atoms with Crippen LogP contribution in [0.5, 0.6) is 5.75 Å². The fraction of sp³-hybridized carbons (Fsp3) is 0.522. The van der Waals surface area contributed by atoms with Crippen molar-refractivity contribution in [3.63, 3.8) is 0 Å². The third-order valence-corrected chi connectivity index (χ3v) is 6.32. The molecule has 6 heteroatoms. The number of aliphatic hydroxyl groups excluding tert-OH is 1. The summed E-state index contributed by atoms with van der Waals surface area (Å²) in [6.45, 7) is 4.90. The first-order chi connectivity index (χ1) is 14.2. The highest BCUT2D eigenvalue weighted by Gasteiger charge is 2.35. The maximum absolute atomic E-state index is 13.2. The normalized spacial score (nSPS) is 23.4. The predicted molar refractivity (Wildman–Crippen MR) is 112 cm³/mol. The molecule has 2 fully saturated rings. The first-order valence-electron chi connectivity index (χ1n) is 10.6. The molecule has 0 bridgehead atoms. The van der Waals surface area contributed by atoms with E-state index in [1.54, 1.807) is 12.1 Å². The minimum atomic E-state index is -0.109. The van der Waals surface area contributed by atoms with Crippen LogP contribution in [0.2, 0.25) is 0 Å². The van der Waals surface area contributed by atoms with E-state index in [2.05, 4.69) is 4.90 Å². The van der Waals surface area contributed by atoms with E-state index in [-0.39, 0.29) is 18.3 Å². The van der Waals surface area contributed by atoms with Crippen LogP contribution < -0.4 is 0 Å². The van der Waals surface area contributed by atoms with E-state index >= 15 is 0 Å². The standard InChI is InChI=1S/C23H30N2O4/c26-11-3-6-19-16-25(8-7-21(19)24-9-12-29-13-10-24)23(28)20-14-17-4-1-2-5-18(17)15-22(20)27/h1-2,4-5,14-15,19,21,26-27H,3,6-13,16H2/t19-,21+/m1/s1. The average molecular weight is 399 g/mol. The molecule has 29 heavy (non-hydrogen) atoms. The lowest BCUT2D eigenvalue weighted by Gasteiger charge is -2.45. The highest BCUT2D eigenvalue weighted by Crippen LogP contribution is 2.31. The van der Waals surface area contributed by atoms with Gasteiger partial charge in [0.05, 0.1) is 18.8 Å². The molecule has 2 heterocycles. The fourth-order valence-electron chi connectivity index (χ4n) is 4.80. The Morgan fingerprint density at radius 1 is 1.10 bits per heavy atom. The van der Waals surface area contributed by atoms with E-state index in [1.165, 1.54) is 0 Å². The second-order valence-corrected chi connectivity index (χ2v) is 8.10. The number of nitrogens with zero attached hydrogens (tertiary/aromatic N) is 2. The third kappa shape index (κ3) is 4.39. The molecule has 2 aliphatic heterocycles. The number of amides is 1. The van der Waals surface area contributed by atoms with Crippen molar-refractivity contribution in [2.75, 3.05) is 46.0 Å². The molecule has 0 aromatic heterocycles. The van der Waals surface area contributed by atoms with Crippen LogP contribution in [0.3, 0.4) is 0 Å². The molecule has 2 saturated heterocycles. The molecular weight excluding hydrogens is 368 g/mol. The van der Waals surface area contributed by atoms with Crippen LogP contribution in [0.25, 0.3) is 10.8 Å². The Labute approximate surface area is 171 Å². The van der Waals surface area contributed by atoms with Gasteiger partial charge in [-0.3, -0.25) is 9.69 Å². The van der Waals surface area contributed by atoms with Crippen molar-refractivity contribution in [3.8, 4) is 5.75 Å². The van der Waals surface area contributed by atoms with E-state index in [4.69, 9.17) is 4.74 Å². The molecule has 0 unspecified atom stereocenters. The van der Waals surface area contributed by atoms with Gasteiger partial charge < -0.3 is 19.8 Å². The number of phenols is 1. The van der Waals surface area contributed by atoms with Crippen LogP contribution in [-0.2, 0) is 4.74 Å². The summed E-state index contributed by atoms with van der Waals surface area (Å²) in [4.78, 5) is 17.6. The van der Waals surface area contributed by atoms with Gasteiger partial charge in [-0.15, -0.1) is 0 Å². The minimum absolute atomic E-state index is 0.0379. The number of aromatic hydroxyl groups is 1. The van der Waals surface area contributed by atoms with Gasteiger partial charge in [0, 0.05) is 38.8 Å². The summed E-state index contributed by atoms with van der Waals surface area (Å²) < 4.78 is 5.50. The second-order valence-electron chi connectivity index (χ2n) is 8.10. The molecule has 2 atom stereocenters. The number of ether oxygens (including phenoxy) is 1. The molecule has 0 radical (unpaired) electrons. The van der Waals surface area contributed by atoms with Crippen molar-refractivity contribution in [1.82, 2.24) is 9.80 Å². The highest BCUT2D eigenvalue weighted by atomic mass is 16.5. The lowest BCUT2D eigenvalue weighted by Crippen LogP contribution is -2.55. The molecule has 0 saturated carbocycles. The number of hydrogen-bond donors (Lipinski definition) is 2. The Morgan fingerprint density at radius 3 is 2.55 bits per heavy atom. The third-order valence-electron chi connectivity index (χ3n) is 6.32. The second kappa shape index (κ2) is 9.11. The van der Waals surface area contributed by atoms with Crippen molar-refractivity contribution in [2.45, 2.75) is 25.3 Å². The van der Waals surface area contributed by atoms with Crippen LogP contribution in [0, 0.1) is 5.92 Å². The van der Waals surface area contributed by atoms with Gasteiger partial charge in [0.25, 0.3) is 5.91 Å². The lowest BCUT2D eigenvalue weighted by atomic mass is 9.86. The van der Waals surface area contributed by atoms with E-state index in [9.17, 15) is 15.0 Å². The Bertz CT molecular complexity index is 850. The molecule has 2 aliphatic rings. The van der Waals surface area contributed by atoms with Crippen LogP contribution in [0.4, 0.5) is 0 Å². The largest absolute Gasteiger partial charge is 0.507 e. The van der Waals surface area contributed by atoms with Gasteiger partial charge in [-0.05, 0) is 48.1 Å². The summed E-state index contributed by atoms with van der Waals surface area (Å²) in [6, 6.07) is 11.6. The van der Waals surface area contributed by atoms with Crippen molar-refractivity contribution in [1.29, 1.82) is 0 Å². The molecule has 4 rings (SSSR count). The lowest BCUT2D eigenvalue weighted by molar-refractivity contribution is -0.0197. The van der Waals surface area contributed by atoms with Gasteiger partial charge in [0.15, 0.2) is 0 Å². The summed E-state index contributed by atoms with van der Waals surface area (Å²) in [5.74, 6) is 0.249. The molecule has 0 spiro atoms. The number of phenolic OH excluding ortho intramolecular Hbond substituents is 1. The van der Waals surface area contributed by atoms with Gasteiger partial charge >= 0.3 is 0 Å². The predicted octanol–water partition coefficient (Wildman–Crippen LogP) is 2.48. The molecular formula is C23H30N2O4. The summed E-state index contributed by atoms with van der Waals surface area (Å²) in [7, 11) is 0. The summed E-state index contributed by atoms with van der Waals surface area (Å²) in [5, 5.41) is 21.7. The summed E-state index contributed by atoms with van der Waals surface area (Å²) in [6.07, 6.45) is 2.55. The quantitative estimate of drug-likeness (QED) is 0.810. The number of aliphatic hydroxyl groups is 1. The molecule has 2 aromatic rings. The monoisotopic (exact) mass is 398 g/mol. The number of carbonyl (C=O) groups is 1. The Hall–Kier alpha value is -2.15. The molecule has 2 aromatic carbocycles. The number of likely N-dealkylation sites (tertiary alicyclic amines) is 1. The number of morpholine rings is 1.